The summed E-state index contributed by atoms with van der Waals surface area (Å²) in [5.41, 5.74) is 0.0288. The van der Waals surface area contributed by atoms with Crippen molar-refractivity contribution in [3.63, 3.8) is 0 Å². The molecule has 0 spiro atoms. The molecule has 0 fully saturated rings. The van der Waals surface area contributed by atoms with E-state index in [0.717, 1.165) is 11.1 Å². The van der Waals surface area contributed by atoms with Crippen LogP contribution >= 0.6 is 0 Å². The normalized spacial score (nSPS) is 13.0. The minimum atomic E-state index is -1.80. The maximum absolute atomic E-state index is 11.8. The standard InChI is InChI=1S/C19H23NO5/c1-19(23,13-21)18(22)20-11-15-8-9-16(17(10-15)24-2)25-12-14-6-4-3-5-7-14/h3-10,21,23H,11-13H2,1-2H3,(H,20,22)/t19-/m0/s1. The van der Waals surface area contributed by atoms with Gasteiger partial charge in [0.1, 0.15) is 6.61 Å². The second kappa shape index (κ2) is 8.50. The van der Waals surface area contributed by atoms with E-state index in [4.69, 9.17) is 14.6 Å². The fraction of sp³-hybridized carbons (Fsp3) is 0.316. The Morgan fingerprint density at radius 3 is 2.48 bits per heavy atom. The average molecular weight is 345 g/mol. The molecule has 0 unspecified atom stereocenters. The summed E-state index contributed by atoms with van der Waals surface area (Å²) in [6.45, 7) is 1.23. The van der Waals surface area contributed by atoms with E-state index in [9.17, 15) is 9.90 Å². The number of hydrogen-bond acceptors (Lipinski definition) is 5. The van der Waals surface area contributed by atoms with Crippen LogP contribution < -0.4 is 14.8 Å². The van der Waals surface area contributed by atoms with Gasteiger partial charge in [-0.3, -0.25) is 4.79 Å². The third-order valence-corrected chi connectivity index (χ3v) is 3.72. The Morgan fingerprint density at radius 1 is 1.12 bits per heavy atom. The van der Waals surface area contributed by atoms with Gasteiger partial charge < -0.3 is 25.0 Å². The van der Waals surface area contributed by atoms with Gasteiger partial charge in [-0.05, 0) is 30.2 Å². The number of nitrogens with one attached hydrogen (secondary N) is 1. The number of carbonyl (C=O) groups is 1. The minimum absolute atomic E-state index is 0.199. The lowest BCUT2D eigenvalue weighted by Crippen LogP contribution is -2.46. The lowest BCUT2D eigenvalue weighted by Gasteiger charge is -2.19. The fourth-order valence-corrected chi connectivity index (χ4v) is 2.12. The zero-order chi connectivity index (χ0) is 18.3. The monoisotopic (exact) mass is 345 g/mol. The number of methoxy groups -OCH3 is 1. The largest absolute Gasteiger partial charge is 0.493 e. The van der Waals surface area contributed by atoms with Crippen molar-refractivity contribution >= 4 is 5.91 Å². The summed E-state index contributed by atoms with van der Waals surface area (Å²) in [4.78, 5) is 11.8. The molecule has 1 atom stereocenters. The highest BCUT2D eigenvalue weighted by Crippen LogP contribution is 2.28. The third kappa shape index (κ3) is 5.20. The van der Waals surface area contributed by atoms with Gasteiger partial charge in [0, 0.05) is 6.54 Å². The highest BCUT2D eigenvalue weighted by atomic mass is 16.5. The lowest BCUT2D eigenvalue weighted by molar-refractivity contribution is -0.141. The number of aliphatic hydroxyl groups excluding tert-OH is 1. The van der Waals surface area contributed by atoms with Gasteiger partial charge in [0.2, 0.25) is 0 Å². The van der Waals surface area contributed by atoms with Crippen LogP contribution in [0.5, 0.6) is 11.5 Å². The van der Waals surface area contributed by atoms with Crippen LogP contribution in [-0.4, -0.2) is 35.4 Å². The topological polar surface area (TPSA) is 88.0 Å². The predicted octanol–water partition coefficient (Wildman–Crippen LogP) is 1.63. The van der Waals surface area contributed by atoms with Gasteiger partial charge in [0.15, 0.2) is 17.1 Å². The summed E-state index contributed by atoms with van der Waals surface area (Å²) >= 11 is 0. The molecule has 2 aromatic carbocycles. The molecule has 0 aliphatic rings. The van der Waals surface area contributed by atoms with Gasteiger partial charge in [-0.15, -0.1) is 0 Å². The quantitative estimate of drug-likeness (QED) is 0.677. The van der Waals surface area contributed by atoms with Gasteiger partial charge in [-0.25, -0.2) is 0 Å². The van der Waals surface area contributed by atoms with E-state index in [2.05, 4.69) is 5.32 Å². The van der Waals surface area contributed by atoms with Crippen LogP contribution in [0.25, 0.3) is 0 Å². The molecule has 0 aromatic heterocycles. The van der Waals surface area contributed by atoms with E-state index < -0.39 is 18.1 Å². The first-order chi connectivity index (χ1) is 12.0. The van der Waals surface area contributed by atoms with Crippen LogP contribution in [0.2, 0.25) is 0 Å². The first-order valence-corrected chi connectivity index (χ1v) is 7.91. The molecule has 0 saturated heterocycles. The first kappa shape index (κ1) is 18.8. The molecule has 0 heterocycles. The molecule has 0 aliphatic heterocycles. The van der Waals surface area contributed by atoms with E-state index in [1.54, 1.807) is 25.3 Å². The predicted molar refractivity (Wildman–Crippen MR) is 93.3 cm³/mol. The van der Waals surface area contributed by atoms with Crippen LogP contribution in [0.1, 0.15) is 18.1 Å². The van der Waals surface area contributed by atoms with Crippen molar-refractivity contribution in [3.05, 3.63) is 59.7 Å². The SMILES string of the molecule is COc1cc(CNC(=O)[C@@](C)(O)CO)ccc1OCc1ccccc1. The fourth-order valence-electron chi connectivity index (χ4n) is 2.12. The summed E-state index contributed by atoms with van der Waals surface area (Å²) in [5.74, 6) is 0.513. The van der Waals surface area contributed by atoms with Crippen molar-refractivity contribution in [2.75, 3.05) is 13.7 Å². The molecule has 134 valence electrons. The molecule has 2 aromatic rings. The Hall–Kier alpha value is -2.57. The zero-order valence-electron chi connectivity index (χ0n) is 14.4. The highest BCUT2D eigenvalue weighted by Gasteiger charge is 2.28. The molecule has 3 N–H and O–H groups in total. The maximum Gasteiger partial charge on any atom is 0.254 e. The van der Waals surface area contributed by atoms with Crippen LogP contribution in [0.15, 0.2) is 48.5 Å². The zero-order valence-corrected chi connectivity index (χ0v) is 14.4. The Balaban J connectivity index is 2.00. The summed E-state index contributed by atoms with van der Waals surface area (Å²) in [7, 11) is 1.55. The van der Waals surface area contributed by atoms with Crippen molar-refractivity contribution < 1.29 is 24.5 Å². The summed E-state index contributed by atoms with van der Waals surface area (Å²) in [5, 5.41) is 21.2. The smallest absolute Gasteiger partial charge is 0.254 e. The molecule has 25 heavy (non-hydrogen) atoms. The maximum atomic E-state index is 11.8. The summed E-state index contributed by atoms with van der Waals surface area (Å²) in [6.07, 6.45) is 0. The number of ether oxygens (including phenoxy) is 2. The van der Waals surface area contributed by atoms with Crippen molar-refractivity contribution in [3.8, 4) is 11.5 Å². The van der Waals surface area contributed by atoms with Gasteiger partial charge >= 0.3 is 0 Å². The van der Waals surface area contributed by atoms with Crippen LogP contribution in [0.3, 0.4) is 0 Å². The highest BCUT2D eigenvalue weighted by molar-refractivity contribution is 5.84. The average Bonchev–Trinajstić information content (AvgIpc) is 2.65. The van der Waals surface area contributed by atoms with Gasteiger partial charge in [0.05, 0.1) is 13.7 Å². The van der Waals surface area contributed by atoms with E-state index in [-0.39, 0.29) is 6.54 Å². The Bertz CT molecular complexity index is 700. The van der Waals surface area contributed by atoms with Gasteiger partial charge in [0.25, 0.3) is 5.91 Å². The van der Waals surface area contributed by atoms with Crippen LogP contribution in [0, 0.1) is 0 Å². The molecule has 0 bridgehead atoms. The van der Waals surface area contributed by atoms with Gasteiger partial charge in [-0.1, -0.05) is 36.4 Å². The van der Waals surface area contributed by atoms with Crippen molar-refractivity contribution in [2.24, 2.45) is 0 Å². The molecule has 0 aliphatic carbocycles. The van der Waals surface area contributed by atoms with E-state index in [0.29, 0.717) is 18.1 Å². The van der Waals surface area contributed by atoms with Crippen molar-refractivity contribution in [2.45, 2.75) is 25.7 Å². The summed E-state index contributed by atoms with van der Waals surface area (Å²) in [6, 6.07) is 15.1. The van der Waals surface area contributed by atoms with E-state index >= 15 is 0 Å². The number of benzene rings is 2. The number of hydrogen-bond donors (Lipinski definition) is 3. The second-order valence-electron chi connectivity index (χ2n) is 5.87. The van der Waals surface area contributed by atoms with Gasteiger partial charge in [-0.2, -0.15) is 0 Å². The molecule has 0 radical (unpaired) electrons. The molecule has 2 rings (SSSR count). The van der Waals surface area contributed by atoms with Crippen LogP contribution in [0.4, 0.5) is 0 Å². The number of aliphatic hydroxyl groups is 2. The third-order valence-electron chi connectivity index (χ3n) is 3.72. The first-order valence-electron chi connectivity index (χ1n) is 7.91. The molecule has 1 amide bonds. The molecule has 0 saturated carbocycles. The number of amides is 1. The summed E-state index contributed by atoms with van der Waals surface area (Å²) < 4.78 is 11.1. The van der Waals surface area contributed by atoms with Crippen molar-refractivity contribution in [1.82, 2.24) is 5.32 Å². The minimum Gasteiger partial charge on any atom is -0.493 e. The Morgan fingerprint density at radius 2 is 1.84 bits per heavy atom. The molecule has 6 heteroatoms. The number of rotatable bonds is 8. The van der Waals surface area contributed by atoms with E-state index in [1.807, 2.05) is 30.3 Å². The lowest BCUT2D eigenvalue weighted by atomic mass is 10.1. The van der Waals surface area contributed by atoms with E-state index in [1.165, 1.54) is 6.92 Å². The molecular formula is C19H23NO5. The molecule has 6 nitrogen and oxygen atoms in total. The second-order valence-corrected chi connectivity index (χ2v) is 5.87. The number of carbonyl (C=O) groups excluding carboxylic acids is 1. The Kier molecular flexibility index (Phi) is 6.38. The van der Waals surface area contributed by atoms with Crippen LogP contribution in [-0.2, 0) is 17.9 Å². The van der Waals surface area contributed by atoms with Crippen molar-refractivity contribution in [1.29, 1.82) is 0 Å². The molecular weight excluding hydrogens is 322 g/mol. The Labute approximate surface area is 147 Å².